The molecule has 1 atom stereocenters. The van der Waals surface area contributed by atoms with Crippen molar-refractivity contribution in [3.63, 3.8) is 0 Å². The topological polar surface area (TPSA) is 35.6 Å². The summed E-state index contributed by atoms with van der Waals surface area (Å²) in [5.41, 5.74) is 5.94. The van der Waals surface area contributed by atoms with E-state index in [4.69, 9.17) is 0 Å². The number of carbonyl (C=O) groups is 1. The molecule has 2 aromatic rings. The van der Waals surface area contributed by atoms with Gasteiger partial charge in [-0.2, -0.15) is 0 Å². The van der Waals surface area contributed by atoms with Gasteiger partial charge in [-0.15, -0.1) is 0 Å². The van der Waals surface area contributed by atoms with Gasteiger partial charge in [0.25, 0.3) is 5.91 Å². The second-order valence-corrected chi connectivity index (χ2v) is 8.20. The van der Waals surface area contributed by atoms with Crippen molar-refractivity contribution in [2.75, 3.05) is 38.1 Å². The van der Waals surface area contributed by atoms with Gasteiger partial charge in [-0.05, 0) is 74.5 Å². The van der Waals surface area contributed by atoms with Crippen LogP contribution in [-0.2, 0) is 6.42 Å². The Kier molecular flexibility index (Phi) is 5.67. The van der Waals surface area contributed by atoms with Gasteiger partial charge in [0.2, 0.25) is 0 Å². The molecule has 0 saturated carbocycles. The maximum atomic E-state index is 12.8. The number of rotatable bonds is 5. The summed E-state index contributed by atoms with van der Waals surface area (Å²) in [4.78, 5) is 17.6. The van der Waals surface area contributed by atoms with E-state index in [0.29, 0.717) is 6.54 Å². The van der Waals surface area contributed by atoms with Crippen molar-refractivity contribution < 1.29 is 4.79 Å². The lowest BCUT2D eigenvalue weighted by Crippen LogP contribution is -2.37. The fourth-order valence-corrected chi connectivity index (χ4v) is 4.64. The third-order valence-corrected chi connectivity index (χ3v) is 6.27. The van der Waals surface area contributed by atoms with Gasteiger partial charge in [-0.1, -0.05) is 30.3 Å². The highest BCUT2D eigenvalue weighted by molar-refractivity contribution is 5.95. The number of amides is 1. The van der Waals surface area contributed by atoms with Gasteiger partial charge in [-0.25, -0.2) is 0 Å². The molecule has 148 valence electrons. The van der Waals surface area contributed by atoms with Crippen molar-refractivity contribution in [1.82, 2.24) is 10.2 Å². The zero-order chi connectivity index (χ0) is 19.5. The summed E-state index contributed by atoms with van der Waals surface area (Å²) in [6, 6.07) is 15.0. The van der Waals surface area contributed by atoms with Crippen LogP contribution in [0.1, 0.15) is 52.4 Å². The molecule has 0 spiro atoms. The molecule has 2 aliphatic heterocycles. The Balaban J connectivity index is 1.54. The van der Waals surface area contributed by atoms with Crippen LogP contribution in [0.2, 0.25) is 0 Å². The fourth-order valence-electron chi connectivity index (χ4n) is 4.64. The van der Waals surface area contributed by atoms with Crippen LogP contribution in [0.25, 0.3) is 0 Å². The van der Waals surface area contributed by atoms with Crippen LogP contribution in [0.4, 0.5) is 5.69 Å². The van der Waals surface area contributed by atoms with E-state index in [2.05, 4.69) is 40.4 Å². The van der Waals surface area contributed by atoms with Crippen molar-refractivity contribution in [3.8, 4) is 0 Å². The molecule has 2 aromatic carbocycles. The summed E-state index contributed by atoms with van der Waals surface area (Å²) in [6.07, 6.45) is 4.85. The Bertz CT molecular complexity index is 841. The molecule has 0 bridgehead atoms. The van der Waals surface area contributed by atoms with Gasteiger partial charge in [0.05, 0.1) is 6.04 Å². The average Bonchev–Trinajstić information content (AvgIpc) is 3.23. The Hall–Kier alpha value is -2.33. The van der Waals surface area contributed by atoms with Crippen LogP contribution in [-0.4, -0.2) is 44.0 Å². The molecule has 0 aliphatic carbocycles. The summed E-state index contributed by atoms with van der Waals surface area (Å²) < 4.78 is 0. The third-order valence-electron chi connectivity index (χ3n) is 6.27. The smallest absolute Gasteiger partial charge is 0.251 e. The molecule has 4 heteroatoms. The number of aryl methyl sites for hydroxylation is 2. The number of fused-ring (bicyclic) bond motifs is 1. The molecule has 0 aromatic heterocycles. The molecule has 4 rings (SSSR count). The van der Waals surface area contributed by atoms with E-state index in [9.17, 15) is 4.79 Å². The van der Waals surface area contributed by atoms with Gasteiger partial charge in [0, 0.05) is 31.4 Å². The van der Waals surface area contributed by atoms with Gasteiger partial charge in [0.15, 0.2) is 0 Å². The minimum atomic E-state index is 0.0278. The van der Waals surface area contributed by atoms with Crippen molar-refractivity contribution in [2.45, 2.75) is 38.6 Å². The maximum Gasteiger partial charge on any atom is 0.251 e. The van der Waals surface area contributed by atoms with Crippen LogP contribution in [0.5, 0.6) is 0 Å². The summed E-state index contributed by atoms with van der Waals surface area (Å²) in [7, 11) is 2.18. The first-order chi connectivity index (χ1) is 13.6. The summed E-state index contributed by atoms with van der Waals surface area (Å²) in [6.45, 7) is 6.01. The van der Waals surface area contributed by atoms with Crippen molar-refractivity contribution in [2.24, 2.45) is 0 Å². The molecule has 2 heterocycles. The molecule has 4 nitrogen and oxygen atoms in total. The van der Waals surface area contributed by atoms with Crippen LogP contribution in [0.15, 0.2) is 42.5 Å². The largest absolute Gasteiger partial charge is 0.374 e. The molecule has 1 fully saturated rings. The van der Waals surface area contributed by atoms with Gasteiger partial charge in [0.1, 0.15) is 0 Å². The summed E-state index contributed by atoms with van der Waals surface area (Å²) >= 11 is 0. The van der Waals surface area contributed by atoms with Crippen molar-refractivity contribution in [1.29, 1.82) is 0 Å². The fraction of sp³-hybridized carbons (Fsp3) is 0.458. The predicted octanol–water partition coefficient (Wildman–Crippen LogP) is 3.94. The van der Waals surface area contributed by atoms with Gasteiger partial charge >= 0.3 is 0 Å². The molecule has 28 heavy (non-hydrogen) atoms. The standard InChI is InChI=1S/C24H31N3O/c1-18-8-3-4-10-21(18)24(28)25-17-23(27-14-5-6-15-27)20-11-12-22-19(16-20)9-7-13-26(22)2/h3-4,8,10-12,16,23H,5-7,9,13-15,17H2,1-2H3,(H,25,28). The number of hydrogen-bond donors (Lipinski definition) is 1. The first kappa shape index (κ1) is 19.0. The number of hydrogen-bond acceptors (Lipinski definition) is 3. The molecule has 1 unspecified atom stereocenters. The lowest BCUT2D eigenvalue weighted by molar-refractivity contribution is 0.0937. The molecular weight excluding hydrogens is 346 g/mol. The monoisotopic (exact) mass is 377 g/mol. The molecule has 1 amide bonds. The van der Waals surface area contributed by atoms with Crippen LogP contribution < -0.4 is 10.2 Å². The van der Waals surface area contributed by atoms with Crippen molar-refractivity contribution >= 4 is 11.6 Å². The maximum absolute atomic E-state index is 12.8. The predicted molar refractivity (Wildman–Crippen MR) is 115 cm³/mol. The molecule has 2 aliphatic rings. The quantitative estimate of drug-likeness (QED) is 0.857. The van der Waals surface area contributed by atoms with E-state index in [1.165, 1.54) is 36.1 Å². The van der Waals surface area contributed by atoms with E-state index in [1.807, 2.05) is 31.2 Å². The van der Waals surface area contributed by atoms with E-state index in [0.717, 1.165) is 37.2 Å². The Labute approximate surface area is 168 Å². The highest BCUT2D eigenvalue weighted by Crippen LogP contribution is 2.31. The zero-order valence-corrected chi connectivity index (χ0v) is 17.1. The molecule has 1 N–H and O–H groups in total. The second kappa shape index (κ2) is 8.36. The molecule has 0 radical (unpaired) electrons. The second-order valence-electron chi connectivity index (χ2n) is 8.20. The number of carbonyl (C=O) groups excluding carboxylic acids is 1. The summed E-state index contributed by atoms with van der Waals surface area (Å²) in [5, 5.41) is 3.21. The molecule has 1 saturated heterocycles. The van der Waals surface area contributed by atoms with Crippen molar-refractivity contribution in [3.05, 3.63) is 64.7 Å². The van der Waals surface area contributed by atoms with E-state index >= 15 is 0 Å². The van der Waals surface area contributed by atoms with Crippen LogP contribution >= 0.6 is 0 Å². The number of anilines is 1. The lowest BCUT2D eigenvalue weighted by atomic mass is 9.96. The van der Waals surface area contributed by atoms with E-state index in [-0.39, 0.29) is 11.9 Å². The Morgan fingerprint density at radius 2 is 1.86 bits per heavy atom. The third kappa shape index (κ3) is 3.93. The number of likely N-dealkylation sites (tertiary alicyclic amines) is 1. The van der Waals surface area contributed by atoms with Gasteiger partial charge < -0.3 is 10.2 Å². The number of nitrogens with one attached hydrogen (secondary N) is 1. The highest BCUT2D eigenvalue weighted by atomic mass is 16.1. The minimum Gasteiger partial charge on any atom is -0.374 e. The summed E-state index contributed by atoms with van der Waals surface area (Å²) in [5.74, 6) is 0.0278. The minimum absolute atomic E-state index is 0.0278. The highest BCUT2D eigenvalue weighted by Gasteiger charge is 2.25. The lowest BCUT2D eigenvalue weighted by Gasteiger charge is -2.32. The molecular formula is C24H31N3O. The Morgan fingerprint density at radius 3 is 2.64 bits per heavy atom. The van der Waals surface area contributed by atoms with Crippen LogP contribution in [0, 0.1) is 6.92 Å². The van der Waals surface area contributed by atoms with E-state index < -0.39 is 0 Å². The number of nitrogens with zero attached hydrogens (tertiary/aromatic N) is 2. The first-order valence-corrected chi connectivity index (χ1v) is 10.6. The average molecular weight is 378 g/mol. The normalized spacial score (nSPS) is 18.0. The van der Waals surface area contributed by atoms with Crippen LogP contribution in [0.3, 0.4) is 0 Å². The zero-order valence-electron chi connectivity index (χ0n) is 17.1. The first-order valence-electron chi connectivity index (χ1n) is 10.6. The van der Waals surface area contributed by atoms with E-state index in [1.54, 1.807) is 0 Å². The SMILES string of the molecule is Cc1ccccc1C(=O)NCC(c1ccc2c(c1)CCCN2C)N1CCCC1. The Morgan fingerprint density at radius 1 is 1.07 bits per heavy atom. The number of benzene rings is 2. The van der Waals surface area contributed by atoms with Gasteiger partial charge in [-0.3, -0.25) is 9.69 Å².